The molecule has 0 fully saturated rings. The molecule has 4 rings (SSSR count). The maximum absolute atomic E-state index is 12.5. The van der Waals surface area contributed by atoms with Crippen molar-refractivity contribution in [3.05, 3.63) is 71.6 Å². The number of carbonyl (C=O) groups is 1. The summed E-state index contributed by atoms with van der Waals surface area (Å²) in [5, 5.41) is 12.4. The first-order valence-corrected chi connectivity index (χ1v) is 8.01. The molecular formula is C18H13ClN4O2. The third-order valence-electron chi connectivity index (χ3n) is 3.76. The minimum Gasteiger partial charge on any atom is -0.356 e. The summed E-state index contributed by atoms with van der Waals surface area (Å²) in [6.07, 6.45) is 3.56. The van der Waals surface area contributed by atoms with E-state index in [1.807, 2.05) is 30.3 Å². The molecule has 0 saturated carbocycles. The van der Waals surface area contributed by atoms with E-state index in [1.165, 1.54) is 0 Å². The van der Waals surface area contributed by atoms with Crippen molar-refractivity contribution in [1.29, 1.82) is 0 Å². The summed E-state index contributed by atoms with van der Waals surface area (Å²) in [4.78, 5) is 12.5. The first kappa shape index (κ1) is 15.4. The second-order valence-electron chi connectivity index (χ2n) is 5.46. The third kappa shape index (κ3) is 3.12. The summed E-state index contributed by atoms with van der Waals surface area (Å²) in [5.74, 6) is -0.213. The molecule has 1 N–H and O–H groups in total. The minimum atomic E-state index is -0.213. The number of hydrogen-bond donors (Lipinski definition) is 1. The van der Waals surface area contributed by atoms with E-state index in [-0.39, 0.29) is 12.3 Å². The Kier molecular flexibility index (Phi) is 3.95. The number of aromatic nitrogens is 3. The van der Waals surface area contributed by atoms with E-state index in [4.69, 9.17) is 16.1 Å². The van der Waals surface area contributed by atoms with Gasteiger partial charge in [-0.3, -0.25) is 4.79 Å². The fourth-order valence-corrected chi connectivity index (χ4v) is 2.80. The van der Waals surface area contributed by atoms with Gasteiger partial charge in [0.1, 0.15) is 5.69 Å². The molecule has 2 aromatic heterocycles. The van der Waals surface area contributed by atoms with Gasteiger partial charge in [-0.2, -0.15) is 5.10 Å². The minimum absolute atomic E-state index is 0.0993. The highest BCUT2D eigenvalue weighted by Crippen LogP contribution is 2.25. The lowest BCUT2D eigenvalue weighted by Crippen LogP contribution is -2.16. The lowest BCUT2D eigenvalue weighted by Gasteiger charge is -2.11. The molecule has 7 heteroatoms. The van der Waals surface area contributed by atoms with Crippen LogP contribution < -0.4 is 5.32 Å². The van der Waals surface area contributed by atoms with E-state index in [0.717, 1.165) is 11.1 Å². The topological polar surface area (TPSA) is 73.0 Å². The summed E-state index contributed by atoms with van der Waals surface area (Å²) in [6, 6.07) is 14.5. The fraction of sp³-hybridized carbons (Fsp3) is 0.0556. The second-order valence-corrected chi connectivity index (χ2v) is 5.90. The van der Waals surface area contributed by atoms with Crippen LogP contribution in [-0.2, 0) is 11.2 Å². The van der Waals surface area contributed by atoms with Gasteiger partial charge in [0.25, 0.3) is 0 Å². The highest BCUT2D eigenvalue weighted by molar-refractivity contribution is 6.31. The molecular weight excluding hydrogens is 340 g/mol. The van der Waals surface area contributed by atoms with Crippen molar-refractivity contribution in [2.75, 3.05) is 5.32 Å². The van der Waals surface area contributed by atoms with Gasteiger partial charge in [0.2, 0.25) is 5.91 Å². The number of amides is 1. The zero-order valence-corrected chi connectivity index (χ0v) is 13.8. The molecule has 0 bridgehead atoms. The Morgan fingerprint density at radius 2 is 2.08 bits per heavy atom. The summed E-state index contributed by atoms with van der Waals surface area (Å²) in [6.45, 7) is 0. The van der Waals surface area contributed by atoms with Crippen molar-refractivity contribution >= 4 is 34.2 Å². The van der Waals surface area contributed by atoms with Crippen LogP contribution in [0.15, 0.2) is 65.4 Å². The van der Waals surface area contributed by atoms with Crippen molar-refractivity contribution in [2.45, 2.75) is 6.42 Å². The largest absolute Gasteiger partial charge is 0.356 e. The highest BCUT2D eigenvalue weighted by Gasteiger charge is 2.14. The number of nitrogens with zero attached hydrogens (tertiary/aromatic N) is 3. The molecule has 6 nitrogen and oxygen atoms in total. The molecule has 25 heavy (non-hydrogen) atoms. The van der Waals surface area contributed by atoms with E-state index in [9.17, 15) is 4.79 Å². The van der Waals surface area contributed by atoms with Gasteiger partial charge in [0.05, 0.1) is 17.8 Å². The number of para-hydroxylation sites is 1. The third-order valence-corrected chi connectivity index (χ3v) is 4.00. The fourth-order valence-electron chi connectivity index (χ4n) is 2.63. The van der Waals surface area contributed by atoms with Gasteiger partial charge in [-0.25, -0.2) is 4.68 Å². The van der Waals surface area contributed by atoms with E-state index in [2.05, 4.69) is 15.6 Å². The standard InChI is InChI=1S/C18H13ClN4O2/c19-12-6-7-16(23-9-3-8-20-23)15(10-12)21-18(24)11-14-13-4-1-2-5-17(13)25-22-14/h1-10H,11H2,(H,21,24). The number of carbonyl (C=O) groups excluding carboxylic acids is 1. The van der Waals surface area contributed by atoms with Crippen LogP contribution in [0.25, 0.3) is 16.7 Å². The predicted octanol–water partition coefficient (Wildman–Crippen LogP) is 3.85. The average Bonchev–Trinajstić information content (AvgIpc) is 3.26. The number of nitrogens with one attached hydrogen (secondary N) is 1. The summed E-state index contributed by atoms with van der Waals surface area (Å²) < 4.78 is 6.90. The number of hydrogen-bond acceptors (Lipinski definition) is 4. The number of benzene rings is 2. The van der Waals surface area contributed by atoms with Crippen LogP contribution in [0.5, 0.6) is 0 Å². The van der Waals surface area contributed by atoms with E-state index in [1.54, 1.807) is 35.3 Å². The van der Waals surface area contributed by atoms with Gasteiger partial charge < -0.3 is 9.84 Å². The number of anilines is 1. The SMILES string of the molecule is O=C(Cc1noc2ccccc12)Nc1cc(Cl)ccc1-n1cccn1. The van der Waals surface area contributed by atoms with Crippen LogP contribution in [0.1, 0.15) is 5.69 Å². The Hall–Kier alpha value is -3.12. The molecule has 1 amide bonds. The number of fused-ring (bicyclic) bond motifs is 1. The molecule has 0 aliphatic rings. The quantitative estimate of drug-likeness (QED) is 0.605. The Labute approximate surface area is 148 Å². The Morgan fingerprint density at radius 3 is 2.92 bits per heavy atom. The van der Waals surface area contributed by atoms with Crippen molar-refractivity contribution in [2.24, 2.45) is 0 Å². The van der Waals surface area contributed by atoms with Gasteiger partial charge in [-0.1, -0.05) is 28.9 Å². The normalized spacial score (nSPS) is 10.9. The van der Waals surface area contributed by atoms with Crippen LogP contribution in [0, 0.1) is 0 Å². The maximum Gasteiger partial charge on any atom is 0.230 e. The Balaban J connectivity index is 1.60. The molecule has 124 valence electrons. The monoisotopic (exact) mass is 352 g/mol. The van der Waals surface area contributed by atoms with Crippen LogP contribution >= 0.6 is 11.6 Å². The molecule has 0 aliphatic carbocycles. The molecule has 0 unspecified atom stereocenters. The molecule has 0 spiro atoms. The molecule has 0 atom stereocenters. The number of halogens is 1. The molecule has 0 saturated heterocycles. The zero-order chi connectivity index (χ0) is 17.2. The molecule has 0 radical (unpaired) electrons. The smallest absolute Gasteiger partial charge is 0.230 e. The second kappa shape index (κ2) is 6.41. The van der Waals surface area contributed by atoms with E-state index in [0.29, 0.717) is 22.0 Å². The van der Waals surface area contributed by atoms with E-state index >= 15 is 0 Å². The first-order chi connectivity index (χ1) is 12.2. The maximum atomic E-state index is 12.5. The predicted molar refractivity (Wildman–Crippen MR) is 94.9 cm³/mol. The van der Waals surface area contributed by atoms with Gasteiger partial charge in [-0.15, -0.1) is 0 Å². The summed E-state index contributed by atoms with van der Waals surface area (Å²) >= 11 is 6.07. The van der Waals surface area contributed by atoms with Crippen molar-refractivity contribution in [1.82, 2.24) is 14.9 Å². The van der Waals surface area contributed by atoms with Crippen LogP contribution in [0.4, 0.5) is 5.69 Å². The van der Waals surface area contributed by atoms with Crippen LogP contribution in [0.3, 0.4) is 0 Å². The summed E-state index contributed by atoms with van der Waals surface area (Å²) in [7, 11) is 0. The van der Waals surface area contributed by atoms with E-state index < -0.39 is 0 Å². The van der Waals surface area contributed by atoms with Crippen LogP contribution in [-0.4, -0.2) is 20.8 Å². The molecule has 2 aromatic carbocycles. The van der Waals surface area contributed by atoms with Gasteiger partial charge >= 0.3 is 0 Å². The first-order valence-electron chi connectivity index (χ1n) is 7.63. The van der Waals surface area contributed by atoms with Crippen molar-refractivity contribution in [3.8, 4) is 5.69 Å². The van der Waals surface area contributed by atoms with Crippen molar-refractivity contribution in [3.63, 3.8) is 0 Å². The lowest BCUT2D eigenvalue weighted by molar-refractivity contribution is -0.115. The lowest BCUT2D eigenvalue weighted by atomic mass is 10.1. The van der Waals surface area contributed by atoms with Gasteiger partial charge in [-0.05, 0) is 36.4 Å². The number of rotatable bonds is 4. The molecule has 2 heterocycles. The zero-order valence-electron chi connectivity index (χ0n) is 13.0. The van der Waals surface area contributed by atoms with Crippen LogP contribution in [0.2, 0.25) is 5.02 Å². The molecule has 0 aliphatic heterocycles. The molecule has 4 aromatic rings. The Bertz CT molecular complexity index is 1040. The summed E-state index contributed by atoms with van der Waals surface area (Å²) in [5.41, 5.74) is 2.56. The van der Waals surface area contributed by atoms with Gasteiger partial charge in [0.15, 0.2) is 5.58 Å². The average molecular weight is 353 g/mol. The highest BCUT2D eigenvalue weighted by atomic mass is 35.5. The van der Waals surface area contributed by atoms with Crippen molar-refractivity contribution < 1.29 is 9.32 Å². The Morgan fingerprint density at radius 1 is 1.20 bits per heavy atom. The van der Waals surface area contributed by atoms with Gasteiger partial charge in [0, 0.05) is 22.8 Å².